The predicted octanol–water partition coefficient (Wildman–Crippen LogP) is 4.39. The van der Waals surface area contributed by atoms with Gasteiger partial charge in [-0.05, 0) is 49.3 Å². The molecule has 5 heteroatoms. The molecule has 126 valence electrons. The average molecular weight is 342 g/mol. The van der Waals surface area contributed by atoms with E-state index in [9.17, 15) is 9.59 Å². The molecule has 24 heavy (non-hydrogen) atoms. The highest BCUT2D eigenvalue weighted by Crippen LogP contribution is 2.40. The minimum Gasteiger partial charge on any atom is -0.322 e. The van der Waals surface area contributed by atoms with Crippen molar-refractivity contribution in [2.45, 2.75) is 40.0 Å². The number of amides is 2. The molecule has 1 heterocycles. The third-order valence-corrected chi connectivity index (χ3v) is 5.59. The summed E-state index contributed by atoms with van der Waals surface area (Å²) in [7, 11) is 0. The van der Waals surface area contributed by atoms with Gasteiger partial charge in [-0.1, -0.05) is 25.1 Å². The van der Waals surface area contributed by atoms with Crippen molar-refractivity contribution in [2.75, 3.05) is 10.6 Å². The molecule has 0 radical (unpaired) electrons. The van der Waals surface area contributed by atoms with E-state index in [1.807, 2.05) is 31.2 Å². The largest absolute Gasteiger partial charge is 0.322 e. The molecule has 0 aliphatic heterocycles. The normalized spacial score (nSPS) is 16.4. The summed E-state index contributed by atoms with van der Waals surface area (Å²) < 4.78 is 0. The van der Waals surface area contributed by atoms with Gasteiger partial charge in [-0.3, -0.25) is 9.59 Å². The van der Waals surface area contributed by atoms with Crippen molar-refractivity contribution >= 4 is 33.8 Å². The first-order valence-corrected chi connectivity index (χ1v) is 9.06. The zero-order chi connectivity index (χ0) is 17.3. The Morgan fingerprint density at radius 3 is 2.67 bits per heavy atom. The molecule has 0 fully saturated rings. The van der Waals surface area contributed by atoms with Crippen molar-refractivity contribution in [1.82, 2.24) is 0 Å². The van der Waals surface area contributed by atoms with Crippen LogP contribution in [0.25, 0.3) is 0 Å². The summed E-state index contributed by atoms with van der Waals surface area (Å²) >= 11 is 1.54. The van der Waals surface area contributed by atoms with Crippen molar-refractivity contribution in [3.05, 3.63) is 45.8 Å². The molecule has 1 aromatic carbocycles. The molecule has 4 nitrogen and oxygen atoms in total. The highest BCUT2D eigenvalue weighted by Gasteiger charge is 2.28. The first-order valence-electron chi connectivity index (χ1n) is 8.24. The third-order valence-electron chi connectivity index (χ3n) is 4.42. The number of aryl methyl sites for hydroxylation is 1. The molecule has 2 N–H and O–H groups in total. The lowest BCUT2D eigenvalue weighted by Gasteiger charge is -2.19. The second-order valence-corrected chi connectivity index (χ2v) is 7.61. The number of anilines is 2. The summed E-state index contributed by atoms with van der Waals surface area (Å²) in [6.07, 6.45) is 2.95. The molecule has 1 atom stereocenters. The van der Waals surface area contributed by atoms with Crippen LogP contribution in [0.3, 0.4) is 0 Å². The topological polar surface area (TPSA) is 58.2 Å². The van der Waals surface area contributed by atoms with Crippen LogP contribution in [-0.4, -0.2) is 11.8 Å². The van der Waals surface area contributed by atoms with Gasteiger partial charge in [0, 0.05) is 17.5 Å². The predicted molar refractivity (Wildman–Crippen MR) is 98.9 cm³/mol. The van der Waals surface area contributed by atoms with Gasteiger partial charge in [0.1, 0.15) is 5.00 Å². The number of thiophene rings is 1. The zero-order valence-electron chi connectivity index (χ0n) is 14.2. The van der Waals surface area contributed by atoms with Crippen molar-refractivity contribution in [1.29, 1.82) is 0 Å². The Morgan fingerprint density at radius 1 is 1.21 bits per heavy atom. The standard InChI is InChI=1S/C19H22N2O2S/c1-11-8-9-14-16(10-11)24-19(20-13(3)22)17(14)18(23)21-15-7-5-4-6-12(15)2/h4-7,11H,8-10H2,1-3H3,(H,20,22)(H,21,23)/t11-/m1/s1. The quantitative estimate of drug-likeness (QED) is 0.869. The summed E-state index contributed by atoms with van der Waals surface area (Å²) in [5, 5.41) is 6.52. The third kappa shape index (κ3) is 3.36. The lowest BCUT2D eigenvalue weighted by atomic mass is 9.88. The van der Waals surface area contributed by atoms with E-state index in [-0.39, 0.29) is 11.8 Å². The molecular weight excluding hydrogens is 320 g/mol. The minimum atomic E-state index is -0.147. The van der Waals surface area contributed by atoms with Crippen molar-refractivity contribution in [2.24, 2.45) is 5.92 Å². The Balaban J connectivity index is 1.97. The number of nitrogens with one attached hydrogen (secondary N) is 2. The maximum Gasteiger partial charge on any atom is 0.258 e. The molecule has 2 aromatic rings. The van der Waals surface area contributed by atoms with Gasteiger partial charge in [-0.15, -0.1) is 11.3 Å². The Labute approximate surface area is 146 Å². The van der Waals surface area contributed by atoms with Gasteiger partial charge in [0.25, 0.3) is 5.91 Å². The highest BCUT2D eigenvalue weighted by atomic mass is 32.1. The van der Waals surface area contributed by atoms with E-state index in [0.29, 0.717) is 16.5 Å². The maximum absolute atomic E-state index is 12.9. The SMILES string of the molecule is CC(=O)Nc1sc2c(c1C(=O)Nc1ccccc1C)CC[C@@H](C)C2. The van der Waals surface area contributed by atoms with Crippen LogP contribution >= 0.6 is 11.3 Å². The van der Waals surface area contributed by atoms with Crippen LogP contribution < -0.4 is 10.6 Å². The molecule has 2 amide bonds. The van der Waals surface area contributed by atoms with Crippen LogP contribution in [0.4, 0.5) is 10.7 Å². The molecule has 0 bridgehead atoms. The minimum absolute atomic E-state index is 0.139. The molecule has 0 saturated carbocycles. The van der Waals surface area contributed by atoms with Gasteiger partial charge in [-0.25, -0.2) is 0 Å². The summed E-state index contributed by atoms with van der Waals surface area (Å²) in [4.78, 5) is 25.7. The van der Waals surface area contributed by atoms with E-state index in [1.165, 1.54) is 11.8 Å². The van der Waals surface area contributed by atoms with Crippen molar-refractivity contribution in [3.8, 4) is 0 Å². The number of carbonyl (C=O) groups is 2. The fourth-order valence-corrected chi connectivity index (χ4v) is 4.59. The number of hydrogen-bond donors (Lipinski definition) is 2. The van der Waals surface area contributed by atoms with Gasteiger partial charge < -0.3 is 10.6 Å². The molecule has 1 aliphatic carbocycles. The van der Waals surface area contributed by atoms with E-state index < -0.39 is 0 Å². The van der Waals surface area contributed by atoms with Crippen LogP contribution in [-0.2, 0) is 17.6 Å². The number of benzene rings is 1. The molecular formula is C19H22N2O2S. The first-order chi connectivity index (χ1) is 11.5. The van der Waals surface area contributed by atoms with Crippen LogP contribution in [0, 0.1) is 12.8 Å². The van der Waals surface area contributed by atoms with Crippen LogP contribution in [0.5, 0.6) is 0 Å². The van der Waals surface area contributed by atoms with Gasteiger partial charge in [-0.2, -0.15) is 0 Å². The molecule has 3 rings (SSSR count). The lowest BCUT2D eigenvalue weighted by molar-refractivity contribution is -0.114. The second-order valence-electron chi connectivity index (χ2n) is 6.51. The summed E-state index contributed by atoms with van der Waals surface area (Å²) in [5.41, 5.74) is 3.57. The fourth-order valence-electron chi connectivity index (χ4n) is 3.14. The first kappa shape index (κ1) is 16.7. The van der Waals surface area contributed by atoms with Crippen LogP contribution in [0.15, 0.2) is 24.3 Å². The Kier molecular flexibility index (Phi) is 4.71. The number of rotatable bonds is 3. The number of fused-ring (bicyclic) bond motifs is 1. The van der Waals surface area contributed by atoms with Crippen LogP contribution in [0.2, 0.25) is 0 Å². The number of hydrogen-bond acceptors (Lipinski definition) is 3. The van der Waals surface area contributed by atoms with E-state index in [1.54, 1.807) is 11.3 Å². The van der Waals surface area contributed by atoms with Crippen molar-refractivity contribution < 1.29 is 9.59 Å². The van der Waals surface area contributed by atoms with E-state index in [0.717, 1.165) is 36.1 Å². The average Bonchev–Trinajstić information content (AvgIpc) is 2.85. The molecule has 0 saturated heterocycles. The van der Waals surface area contributed by atoms with E-state index in [2.05, 4.69) is 17.6 Å². The van der Waals surface area contributed by atoms with E-state index >= 15 is 0 Å². The summed E-state index contributed by atoms with van der Waals surface area (Å²) in [6, 6.07) is 7.71. The van der Waals surface area contributed by atoms with E-state index in [4.69, 9.17) is 0 Å². The van der Waals surface area contributed by atoms with Gasteiger partial charge in [0.15, 0.2) is 0 Å². The summed E-state index contributed by atoms with van der Waals surface area (Å²) in [5.74, 6) is 0.334. The van der Waals surface area contributed by atoms with Gasteiger partial charge >= 0.3 is 0 Å². The molecule has 1 aliphatic rings. The molecule has 0 unspecified atom stereocenters. The second kappa shape index (κ2) is 6.77. The number of para-hydroxylation sites is 1. The van der Waals surface area contributed by atoms with Gasteiger partial charge in [0.2, 0.25) is 5.91 Å². The smallest absolute Gasteiger partial charge is 0.258 e. The Bertz CT molecular complexity index is 795. The zero-order valence-corrected chi connectivity index (χ0v) is 15.0. The van der Waals surface area contributed by atoms with Crippen LogP contribution in [0.1, 0.15) is 46.6 Å². The number of carbonyl (C=O) groups excluding carboxylic acids is 2. The Morgan fingerprint density at radius 2 is 1.96 bits per heavy atom. The van der Waals surface area contributed by atoms with Gasteiger partial charge in [0.05, 0.1) is 5.56 Å². The molecule has 1 aromatic heterocycles. The highest BCUT2D eigenvalue weighted by molar-refractivity contribution is 7.17. The fraction of sp³-hybridized carbons (Fsp3) is 0.368. The summed E-state index contributed by atoms with van der Waals surface area (Å²) in [6.45, 7) is 5.67. The molecule has 0 spiro atoms. The van der Waals surface area contributed by atoms with Crippen molar-refractivity contribution in [3.63, 3.8) is 0 Å². The Hall–Kier alpha value is -2.14. The monoisotopic (exact) mass is 342 g/mol. The maximum atomic E-state index is 12.9. The lowest BCUT2D eigenvalue weighted by Crippen LogP contribution is -2.19.